The van der Waals surface area contributed by atoms with Gasteiger partial charge in [0.15, 0.2) is 34.9 Å². The van der Waals surface area contributed by atoms with Gasteiger partial charge >= 0.3 is 0 Å². The van der Waals surface area contributed by atoms with Crippen LogP contribution in [-0.2, 0) is 12.6 Å². The van der Waals surface area contributed by atoms with E-state index in [-0.39, 0.29) is 46.4 Å². The van der Waals surface area contributed by atoms with E-state index in [2.05, 4.69) is 0 Å². The molecule has 0 amide bonds. The minimum atomic E-state index is -1.62. The van der Waals surface area contributed by atoms with E-state index in [9.17, 15) is 26.3 Å². The standard InChI is InChI=1S/C28H18B2F6O2/c1-37-23-5-3-15(13-7-19(31)27(35)20(32)8-13)17(11-29)25(23)26-18(12-30)16(4-6-24(26)38-2)14-9-21(33)28(36)22(34)10-14/h3-10H,11-12H2,1-2H3. The Morgan fingerprint density at radius 2 is 0.868 bits per heavy atom. The molecule has 0 aliphatic carbocycles. The molecule has 0 aromatic heterocycles. The summed E-state index contributed by atoms with van der Waals surface area (Å²) in [6, 6.07) is 9.42. The van der Waals surface area contributed by atoms with Gasteiger partial charge in [-0.3, -0.25) is 0 Å². The largest absolute Gasteiger partial charge is 0.496 e. The van der Waals surface area contributed by atoms with Crippen LogP contribution in [0.2, 0.25) is 0 Å². The van der Waals surface area contributed by atoms with E-state index in [0.29, 0.717) is 22.3 Å². The highest BCUT2D eigenvalue weighted by molar-refractivity contribution is 6.12. The Hall–Kier alpha value is -3.81. The molecule has 0 unspecified atom stereocenters. The van der Waals surface area contributed by atoms with Gasteiger partial charge < -0.3 is 9.47 Å². The van der Waals surface area contributed by atoms with Crippen LogP contribution in [0, 0.1) is 34.9 Å². The van der Waals surface area contributed by atoms with Gasteiger partial charge in [0.05, 0.1) is 29.9 Å². The Morgan fingerprint density at radius 3 is 1.13 bits per heavy atom. The molecular weight excluding hydrogens is 504 g/mol. The first kappa shape index (κ1) is 27.2. The lowest BCUT2D eigenvalue weighted by Crippen LogP contribution is -2.05. The van der Waals surface area contributed by atoms with Crippen molar-refractivity contribution in [2.75, 3.05) is 14.2 Å². The van der Waals surface area contributed by atoms with E-state index in [1.807, 2.05) is 0 Å². The fourth-order valence-electron chi connectivity index (χ4n) is 4.53. The maximum atomic E-state index is 14.1. The van der Waals surface area contributed by atoms with Crippen molar-refractivity contribution in [3.63, 3.8) is 0 Å². The van der Waals surface area contributed by atoms with Gasteiger partial charge in [0.25, 0.3) is 0 Å². The quantitative estimate of drug-likeness (QED) is 0.150. The first-order valence-electron chi connectivity index (χ1n) is 11.3. The van der Waals surface area contributed by atoms with Gasteiger partial charge in [-0.1, -0.05) is 24.8 Å². The van der Waals surface area contributed by atoms with E-state index in [1.165, 1.54) is 38.5 Å². The summed E-state index contributed by atoms with van der Waals surface area (Å²) < 4.78 is 94.9. The molecule has 0 fully saturated rings. The Kier molecular flexibility index (Phi) is 7.81. The summed E-state index contributed by atoms with van der Waals surface area (Å²) in [6.45, 7) is 0. The molecular formula is C28H18B2F6O2. The summed E-state index contributed by atoms with van der Waals surface area (Å²) >= 11 is 0. The number of rotatable bonds is 7. The van der Waals surface area contributed by atoms with Crippen LogP contribution in [0.5, 0.6) is 11.5 Å². The Labute approximate surface area is 218 Å². The number of halogens is 6. The van der Waals surface area contributed by atoms with Crippen molar-refractivity contribution in [2.24, 2.45) is 0 Å². The number of methoxy groups -OCH3 is 2. The van der Waals surface area contributed by atoms with E-state index in [1.54, 1.807) is 0 Å². The van der Waals surface area contributed by atoms with Crippen LogP contribution >= 0.6 is 0 Å². The van der Waals surface area contributed by atoms with Crippen molar-refractivity contribution >= 4 is 15.7 Å². The third kappa shape index (κ3) is 4.64. The smallest absolute Gasteiger partial charge is 0.194 e. The molecule has 4 radical (unpaired) electrons. The van der Waals surface area contributed by atoms with Crippen LogP contribution in [0.25, 0.3) is 33.4 Å². The maximum Gasteiger partial charge on any atom is 0.194 e. The number of ether oxygens (including phenoxy) is 2. The van der Waals surface area contributed by atoms with Gasteiger partial charge in [-0.25, -0.2) is 26.3 Å². The van der Waals surface area contributed by atoms with Gasteiger partial charge in [-0.15, -0.1) is 0 Å². The predicted molar refractivity (Wildman–Crippen MR) is 135 cm³/mol. The predicted octanol–water partition coefficient (Wildman–Crippen LogP) is 6.88. The van der Waals surface area contributed by atoms with Crippen LogP contribution in [0.15, 0.2) is 48.5 Å². The molecule has 4 rings (SSSR count). The maximum absolute atomic E-state index is 14.1. The highest BCUT2D eigenvalue weighted by Gasteiger charge is 2.25. The molecule has 0 saturated carbocycles. The van der Waals surface area contributed by atoms with Gasteiger partial charge in [0.2, 0.25) is 0 Å². The summed E-state index contributed by atoms with van der Waals surface area (Å²) in [7, 11) is 15.0. The van der Waals surface area contributed by atoms with Crippen molar-refractivity contribution in [1.29, 1.82) is 0 Å². The molecule has 0 spiro atoms. The van der Waals surface area contributed by atoms with Crippen LogP contribution in [-0.4, -0.2) is 29.9 Å². The normalized spacial score (nSPS) is 11.1. The third-order valence-corrected chi connectivity index (χ3v) is 6.24. The molecule has 4 aromatic carbocycles. The van der Waals surface area contributed by atoms with E-state index >= 15 is 0 Å². The van der Waals surface area contributed by atoms with Crippen molar-refractivity contribution in [1.82, 2.24) is 0 Å². The zero-order chi connectivity index (χ0) is 27.7. The SMILES string of the molecule is [B]Cc1c(-c2cc(F)c(F)c(F)c2)ccc(OC)c1-c1c(OC)ccc(-c2cc(F)c(F)c(F)c2)c1C[B]. The second-order valence-electron chi connectivity index (χ2n) is 8.25. The summed E-state index contributed by atoms with van der Waals surface area (Å²) in [6.07, 6.45) is -0.334. The lowest BCUT2D eigenvalue weighted by atomic mass is 9.78. The molecule has 0 bridgehead atoms. The highest BCUT2D eigenvalue weighted by Crippen LogP contribution is 2.47. The summed E-state index contributed by atoms with van der Waals surface area (Å²) in [5, 5.41) is 0. The summed E-state index contributed by atoms with van der Waals surface area (Å²) in [4.78, 5) is 0. The second kappa shape index (κ2) is 10.9. The Morgan fingerprint density at radius 1 is 0.553 bits per heavy atom. The number of hydrogen-bond donors (Lipinski definition) is 0. The molecule has 0 saturated heterocycles. The summed E-state index contributed by atoms with van der Waals surface area (Å²) in [5.74, 6) is -8.22. The average Bonchev–Trinajstić information content (AvgIpc) is 2.92. The highest BCUT2D eigenvalue weighted by atomic mass is 19.2. The van der Waals surface area contributed by atoms with Gasteiger partial charge in [-0.05, 0) is 69.8 Å². The molecule has 0 aliphatic rings. The topological polar surface area (TPSA) is 18.5 Å². The van der Waals surface area contributed by atoms with Crippen LogP contribution in [0.3, 0.4) is 0 Å². The zero-order valence-electron chi connectivity index (χ0n) is 20.3. The van der Waals surface area contributed by atoms with Gasteiger partial charge in [0, 0.05) is 11.1 Å². The van der Waals surface area contributed by atoms with E-state index in [0.717, 1.165) is 24.3 Å². The van der Waals surface area contributed by atoms with Crippen molar-refractivity contribution in [3.8, 4) is 44.9 Å². The monoisotopic (exact) mass is 522 g/mol. The molecule has 2 nitrogen and oxygen atoms in total. The average molecular weight is 522 g/mol. The molecule has 10 heteroatoms. The molecule has 0 N–H and O–H groups in total. The minimum absolute atomic E-state index is 0.0119. The second-order valence-corrected chi connectivity index (χ2v) is 8.25. The molecule has 38 heavy (non-hydrogen) atoms. The summed E-state index contributed by atoms with van der Waals surface area (Å²) in [5.41, 5.74) is 1.92. The molecule has 0 aliphatic heterocycles. The van der Waals surface area contributed by atoms with Crippen LogP contribution < -0.4 is 9.47 Å². The molecule has 0 atom stereocenters. The molecule has 4 aromatic rings. The fraction of sp³-hybridized carbons (Fsp3) is 0.143. The van der Waals surface area contributed by atoms with Gasteiger partial charge in [0.1, 0.15) is 11.5 Å². The zero-order valence-corrected chi connectivity index (χ0v) is 20.3. The van der Waals surface area contributed by atoms with Crippen molar-refractivity contribution < 1.29 is 35.8 Å². The minimum Gasteiger partial charge on any atom is -0.496 e. The lowest BCUT2D eigenvalue weighted by Gasteiger charge is -2.24. The van der Waals surface area contributed by atoms with Crippen LogP contribution in [0.1, 0.15) is 11.1 Å². The van der Waals surface area contributed by atoms with E-state index < -0.39 is 34.9 Å². The lowest BCUT2D eigenvalue weighted by molar-refractivity contribution is 0.410. The first-order valence-corrected chi connectivity index (χ1v) is 11.3. The van der Waals surface area contributed by atoms with Gasteiger partial charge in [-0.2, -0.15) is 0 Å². The third-order valence-electron chi connectivity index (χ3n) is 6.24. The Bertz CT molecular complexity index is 1380. The first-order chi connectivity index (χ1) is 18.2. The molecule has 0 heterocycles. The Balaban J connectivity index is 2.10. The van der Waals surface area contributed by atoms with E-state index in [4.69, 9.17) is 25.2 Å². The molecule has 190 valence electrons. The van der Waals surface area contributed by atoms with Crippen LogP contribution in [0.4, 0.5) is 26.3 Å². The van der Waals surface area contributed by atoms with Crippen molar-refractivity contribution in [2.45, 2.75) is 12.6 Å². The fourth-order valence-corrected chi connectivity index (χ4v) is 4.53. The van der Waals surface area contributed by atoms with Crippen molar-refractivity contribution in [3.05, 3.63) is 94.6 Å². The number of benzene rings is 4. The number of hydrogen-bond acceptors (Lipinski definition) is 2.